The molecule has 20 heavy (non-hydrogen) atoms. The molecule has 1 aromatic rings. The number of nitrogens with one attached hydrogen (secondary N) is 1. The summed E-state index contributed by atoms with van der Waals surface area (Å²) >= 11 is 0. The van der Waals surface area contributed by atoms with Gasteiger partial charge in [0.05, 0.1) is 0 Å². The maximum absolute atomic E-state index is 5.74. The van der Waals surface area contributed by atoms with Crippen LogP contribution in [0.15, 0.2) is 10.5 Å². The molecular weight excluding hydrogens is 250 g/mol. The Hall–Kier alpha value is -0.800. The molecule has 3 heteroatoms. The molecule has 0 fully saturated rings. The minimum Gasteiger partial charge on any atom is -0.464 e. The first kappa shape index (κ1) is 17.3. The quantitative estimate of drug-likeness (QED) is 0.673. The van der Waals surface area contributed by atoms with E-state index in [9.17, 15) is 0 Å². The normalized spacial score (nSPS) is 12.1. The second kappa shape index (κ2) is 8.48. The first-order chi connectivity index (χ1) is 9.42. The smallest absolute Gasteiger partial charge is 0.130 e. The Kier molecular flexibility index (Phi) is 7.31. The van der Waals surface area contributed by atoms with Crippen LogP contribution in [0, 0.1) is 6.92 Å². The average molecular weight is 281 g/mol. The Morgan fingerprint density at radius 2 is 1.95 bits per heavy atom. The van der Waals surface area contributed by atoms with E-state index in [-0.39, 0.29) is 5.54 Å². The van der Waals surface area contributed by atoms with Gasteiger partial charge >= 0.3 is 0 Å². The van der Waals surface area contributed by atoms with Crippen LogP contribution in [0.4, 0.5) is 0 Å². The number of rotatable bonds is 9. The molecule has 0 bridgehead atoms. The van der Waals surface area contributed by atoms with Crippen LogP contribution < -0.4 is 5.32 Å². The van der Waals surface area contributed by atoms with E-state index < -0.39 is 0 Å². The monoisotopic (exact) mass is 281 g/mol. The van der Waals surface area contributed by atoms with Crippen molar-refractivity contribution in [2.75, 3.05) is 6.61 Å². The van der Waals surface area contributed by atoms with Gasteiger partial charge in [-0.15, -0.1) is 0 Å². The lowest BCUT2D eigenvalue weighted by Crippen LogP contribution is -2.35. The predicted molar refractivity (Wildman–Crippen MR) is 83.8 cm³/mol. The average Bonchev–Trinajstić information content (AvgIpc) is 2.71. The van der Waals surface area contributed by atoms with Crippen molar-refractivity contribution in [2.24, 2.45) is 0 Å². The maximum atomic E-state index is 5.74. The van der Waals surface area contributed by atoms with Crippen molar-refractivity contribution in [3.05, 3.63) is 23.2 Å². The van der Waals surface area contributed by atoms with E-state index in [1.54, 1.807) is 0 Å². The van der Waals surface area contributed by atoms with Gasteiger partial charge in [0.25, 0.3) is 0 Å². The highest BCUT2D eigenvalue weighted by Gasteiger charge is 2.12. The van der Waals surface area contributed by atoms with E-state index in [1.165, 1.54) is 24.8 Å². The second-order valence-electron chi connectivity index (χ2n) is 6.51. The van der Waals surface area contributed by atoms with Crippen LogP contribution in [0.5, 0.6) is 0 Å². The fourth-order valence-electron chi connectivity index (χ4n) is 2.00. The van der Waals surface area contributed by atoms with Crippen molar-refractivity contribution in [2.45, 2.75) is 79.0 Å². The standard InChI is InChI=1S/C17H31NO2/c1-6-7-8-9-10-19-13-16-11-15(14(2)20-16)12-18-17(3,4)5/h11,18H,6-10,12-13H2,1-5H3. The summed E-state index contributed by atoms with van der Waals surface area (Å²) in [5.41, 5.74) is 1.35. The third-order valence-electron chi connectivity index (χ3n) is 3.27. The summed E-state index contributed by atoms with van der Waals surface area (Å²) in [6.45, 7) is 13.0. The van der Waals surface area contributed by atoms with E-state index in [2.05, 4.69) is 39.1 Å². The van der Waals surface area contributed by atoms with Crippen LogP contribution in [-0.2, 0) is 17.9 Å². The lowest BCUT2D eigenvalue weighted by molar-refractivity contribution is 0.102. The minimum atomic E-state index is 0.125. The zero-order chi connectivity index (χ0) is 15.0. The second-order valence-corrected chi connectivity index (χ2v) is 6.51. The van der Waals surface area contributed by atoms with E-state index in [1.807, 2.05) is 6.92 Å². The van der Waals surface area contributed by atoms with Crippen molar-refractivity contribution < 1.29 is 9.15 Å². The van der Waals surface area contributed by atoms with Crippen molar-refractivity contribution >= 4 is 0 Å². The summed E-state index contributed by atoms with van der Waals surface area (Å²) < 4.78 is 11.4. The van der Waals surface area contributed by atoms with Crippen molar-refractivity contribution in [1.82, 2.24) is 5.32 Å². The molecule has 1 aromatic heterocycles. The molecule has 0 aromatic carbocycles. The van der Waals surface area contributed by atoms with Gasteiger partial charge in [0.15, 0.2) is 0 Å². The number of ether oxygens (including phenoxy) is 1. The van der Waals surface area contributed by atoms with Gasteiger partial charge in [-0.05, 0) is 40.2 Å². The van der Waals surface area contributed by atoms with Gasteiger partial charge in [-0.2, -0.15) is 0 Å². The molecule has 0 amide bonds. The first-order valence-electron chi connectivity index (χ1n) is 7.83. The van der Waals surface area contributed by atoms with Gasteiger partial charge in [-0.1, -0.05) is 26.2 Å². The molecule has 0 saturated heterocycles. The van der Waals surface area contributed by atoms with Crippen LogP contribution >= 0.6 is 0 Å². The molecule has 0 atom stereocenters. The van der Waals surface area contributed by atoms with E-state index >= 15 is 0 Å². The van der Waals surface area contributed by atoms with Gasteiger partial charge in [0, 0.05) is 24.3 Å². The summed E-state index contributed by atoms with van der Waals surface area (Å²) in [6, 6.07) is 2.11. The Labute approximate surface area is 124 Å². The lowest BCUT2D eigenvalue weighted by atomic mass is 10.1. The van der Waals surface area contributed by atoms with Crippen molar-refractivity contribution in [1.29, 1.82) is 0 Å². The summed E-state index contributed by atoms with van der Waals surface area (Å²) in [5, 5.41) is 3.48. The topological polar surface area (TPSA) is 34.4 Å². The molecule has 116 valence electrons. The Morgan fingerprint density at radius 3 is 2.60 bits per heavy atom. The molecule has 0 aliphatic heterocycles. The number of furan rings is 1. The Morgan fingerprint density at radius 1 is 1.20 bits per heavy atom. The number of hydrogen-bond donors (Lipinski definition) is 1. The van der Waals surface area contributed by atoms with E-state index in [0.29, 0.717) is 6.61 Å². The summed E-state index contributed by atoms with van der Waals surface area (Å²) in [4.78, 5) is 0. The van der Waals surface area contributed by atoms with Gasteiger partial charge in [0.2, 0.25) is 0 Å². The predicted octanol–water partition coefficient (Wildman–Crippen LogP) is 4.57. The van der Waals surface area contributed by atoms with Crippen LogP contribution in [0.25, 0.3) is 0 Å². The molecule has 0 saturated carbocycles. The van der Waals surface area contributed by atoms with Crippen LogP contribution in [0.3, 0.4) is 0 Å². The zero-order valence-corrected chi connectivity index (χ0v) is 13.8. The van der Waals surface area contributed by atoms with Crippen LogP contribution in [-0.4, -0.2) is 12.1 Å². The maximum Gasteiger partial charge on any atom is 0.130 e. The third-order valence-corrected chi connectivity index (χ3v) is 3.27. The largest absolute Gasteiger partial charge is 0.464 e. The molecule has 1 N–H and O–H groups in total. The van der Waals surface area contributed by atoms with Crippen LogP contribution in [0.2, 0.25) is 0 Å². The number of unbranched alkanes of at least 4 members (excludes halogenated alkanes) is 3. The molecule has 3 nitrogen and oxygen atoms in total. The molecule has 1 rings (SSSR count). The van der Waals surface area contributed by atoms with E-state index in [4.69, 9.17) is 9.15 Å². The van der Waals surface area contributed by atoms with Crippen LogP contribution in [0.1, 0.15) is 70.5 Å². The Balaban J connectivity index is 2.30. The summed E-state index contributed by atoms with van der Waals surface area (Å²) in [5.74, 6) is 1.93. The van der Waals surface area contributed by atoms with Gasteiger partial charge in [0.1, 0.15) is 18.1 Å². The highest BCUT2D eigenvalue weighted by Crippen LogP contribution is 2.16. The highest BCUT2D eigenvalue weighted by molar-refractivity contribution is 5.20. The molecule has 0 spiro atoms. The van der Waals surface area contributed by atoms with E-state index in [0.717, 1.165) is 31.1 Å². The molecule has 0 aliphatic rings. The number of aryl methyl sites for hydroxylation is 1. The summed E-state index contributed by atoms with van der Waals surface area (Å²) in [7, 11) is 0. The Bertz CT molecular complexity index is 377. The van der Waals surface area contributed by atoms with Gasteiger partial charge < -0.3 is 14.5 Å². The molecule has 0 radical (unpaired) electrons. The summed E-state index contributed by atoms with van der Waals surface area (Å²) in [6.07, 6.45) is 4.97. The lowest BCUT2D eigenvalue weighted by Gasteiger charge is -2.20. The number of hydrogen-bond acceptors (Lipinski definition) is 3. The molecule has 1 heterocycles. The van der Waals surface area contributed by atoms with Gasteiger partial charge in [-0.3, -0.25) is 0 Å². The van der Waals surface area contributed by atoms with Crippen molar-refractivity contribution in [3.63, 3.8) is 0 Å². The first-order valence-corrected chi connectivity index (χ1v) is 7.83. The zero-order valence-electron chi connectivity index (χ0n) is 13.8. The highest BCUT2D eigenvalue weighted by atomic mass is 16.5. The third kappa shape index (κ3) is 7.11. The fourth-order valence-corrected chi connectivity index (χ4v) is 2.00. The minimum absolute atomic E-state index is 0.125. The van der Waals surface area contributed by atoms with Crippen molar-refractivity contribution in [3.8, 4) is 0 Å². The molecule has 0 aliphatic carbocycles. The molecule has 0 unspecified atom stereocenters. The van der Waals surface area contributed by atoms with Gasteiger partial charge in [-0.25, -0.2) is 0 Å². The molecular formula is C17H31NO2. The SMILES string of the molecule is CCCCCCOCc1cc(CNC(C)(C)C)c(C)o1. The fraction of sp³-hybridized carbons (Fsp3) is 0.765.